The van der Waals surface area contributed by atoms with E-state index in [4.69, 9.17) is 15.7 Å². The summed E-state index contributed by atoms with van der Waals surface area (Å²) in [6, 6.07) is 0. The number of rotatable bonds is 3. The fourth-order valence-corrected chi connectivity index (χ4v) is 2.16. The van der Waals surface area contributed by atoms with Crippen LogP contribution < -0.4 is 5.73 Å². The van der Waals surface area contributed by atoms with Gasteiger partial charge in [-0.1, -0.05) is 18.7 Å². The zero-order chi connectivity index (χ0) is 9.07. The van der Waals surface area contributed by atoms with E-state index in [1.165, 1.54) is 0 Å². The minimum absolute atomic E-state index is 0.225. The Hall–Kier alpha value is -0.270. The van der Waals surface area contributed by atoms with Gasteiger partial charge in [-0.15, -0.1) is 0 Å². The Balaban J connectivity index is 4.31. The first-order valence-electron chi connectivity index (χ1n) is 2.85. The van der Waals surface area contributed by atoms with Gasteiger partial charge in [0.15, 0.2) is 5.17 Å². The maximum atomic E-state index is 10.5. The Morgan fingerprint density at radius 2 is 2.27 bits per heavy atom. The highest BCUT2D eigenvalue weighted by Gasteiger charge is 2.22. The van der Waals surface area contributed by atoms with Gasteiger partial charge in [-0.05, 0) is 6.42 Å². The van der Waals surface area contributed by atoms with E-state index in [9.17, 15) is 8.42 Å². The van der Waals surface area contributed by atoms with Crippen molar-refractivity contribution >= 4 is 27.0 Å². The third-order valence-electron chi connectivity index (χ3n) is 0.924. The number of nitrogens with two attached hydrogens (primary N) is 1. The SMILES string of the molecule is CCC(SC(=N)N)S(=O)(=O)O. The average Bonchev–Trinajstić information content (AvgIpc) is 1.79. The van der Waals surface area contributed by atoms with Crippen LogP contribution in [0.5, 0.6) is 0 Å². The Morgan fingerprint density at radius 3 is 2.36 bits per heavy atom. The van der Waals surface area contributed by atoms with E-state index < -0.39 is 14.7 Å². The highest BCUT2D eigenvalue weighted by Crippen LogP contribution is 2.18. The normalized spacial score (nSPS) is 14.4. The van der Waals surface area contributed by atoms with Gasteiger partial charge in [0.1, 0.15) is 4.58 Å². The van der Waals surface area contributed by atoms with Crippen LogP contribution in [0.1, 0.15) is 13.3 Å². The Kier molecular flexibility index (Phi) is 3.84. The molecule has 0 radical (unpaired) electrons. The van der Waals surface area contributed by atoms with E-state index in [1.54, 1.807) is 6.92 Å². The van der Waals surface area contributed by atoms with E-state index >= 15 is 0 Å². The van der Waals surface area contributed by atoms with Crippen molar-refractivity contribution in [1.29, 1.82) is 5.41 Å². The van der Waals surface area contributed by atoms with Gasteiger partial charge in [0.2, 0.25) is 0 Å². The fraction of sp³-hybridized carbons (Fsp3) is 0.750. The molecule has 11 heavy (non-hydrogen) atoms. The topological polar surface area (TPSA) is 104 Å². The first-order valence-corrected chi connectivity index (χ1v) is 5.23. The second-order valence-corrected chi connectivity index (χ2v) is 4.98. The number of thioether (sulfide) groups is 1. The molecule has 0 amide bonds. The van der Waals surface area contributed by atoms with Crippen LogP contribution in [0.4, 0.5) is 0 Å². The van der Waals surface area contributed by atoms with Crippen LogP contribution in [0.25, 0.3) is 0 Å². The van der Waals surface area contributed by atoms with Crippen molar-refractivity contribution in [3.63, 3.8) is 0 Å². The predicted octanol–water partition coefficient (Wildman–Crippen LogP) is 0.237. The monoisotopic (exact) mass is 198 g/mol. The fourth-order valence-electron chi connectivity index (χ4n) is 0.496. The lowest BCUT2D eigenvalue weighted by molar-refractivity contribution is 0.479. The summed E-state index contributed by atoms with van der Waals surface area (Å²) in [5.41, 5.74) is 4.94. The lowest BCUT2D eigenvalue weighted by atomic mass is 10.6. The van der Waals surface area contributed by atoms with Gasteiger partial charge in [-0.25, -0.2) is 0 Å². The van der Waals surface area contributed by atoms with Crippen molar-refractivity contribution in [1.82, 2.24) is 0 Å². The van der Waals surface area contributed by atoms with Crippen LogP contribution in [0.2, 0.25) is 0 Å². The van der Waals surface area contributed by atoms with Gasteiger partial charge in [-0.3, -0.25) is 9.96 Å². The summed E-state index contributed by atoms with van der Waals surface area (Å²) in [7, 11) is -4.07. The number of nitrogens with one attached hydrogen (secondary N) is 1. The number of amidine groups is 1. The van der Waals surface area contributed by atoms with Crippen LogP contribution in [-0.4, -0.2) is 22.7 Å². The Morgan fingerprint density at radius 1 is 1.82 bits per heavy atom. The van der Waals surface area contributed by atoms with Crippen LogP contribution in [0.15, 0.2) is 0 Å². The highest BCUT2D eigenvalue weighted by molar-refractivity contribution is 8.21. The molecule has 0 rings (SSSR count). The second kappa shape index (κ2) is 3.93. The molecule has 0 saturated heterocycles. The van der Waals surface area contributed by atoms with E-state index in [2.05, 4.69) is 0 Å². The minimum atomic E-state index is -4.07. The highest BCUT2D eigenvalue weighted by atomic mass is 32.3. The van der Waals surface area contributed by atoms with Gasteiger partial charge in [0, 0.05) is 0 Å². The third-order valence-corrected chi connectivity index (χ3v) is 3.79. The molecule has 0 spiro atoms. The van der Waals surface area contributed by atoms with Crippen molar-refractivity contribution < 1.29 is 13.0 Å². The van der Waals surface area contributed by atoms with Gasteiger partial charge < -0.3 is 5.73 Å². The third kappa shape index (κ3) is 4.23. The van der Waals surface area contributed by atoms with E-state index in [-0.39, 0.29) is 11.6 Å². The zero-order valence-electron chi connectivity index (χ0n) is 5.94. The van der Waals surface area contributed by atoms with Crippen molar-refractivity contribution in [2.24, 2.45) is 5.73 Å². The summed E-state index contributed by atoms with van der Waals surface area (Å²) in [6.45, 7) is 1.59. The molecule has 4 N–H and O–H groups in total. The van der Waals surface area contributed by atoms with E-state index in [1.807, 2.05) is 0 Å². The van der Waals surface area contributed by atoms with E-state index in [0.29, 0.717) is 11.8 Å². The Labute approximate surface area is 69.6 Å². The van der Waals surface area contributed by atoms with E-state index in [0.717, 1.165) is 0 Å². The molecule has 66 valence electrons. The van der Waals surface area contributed by atoms with Crippen LogP contribution in [0, 0.1) is 5.41 Å². The molecule has 0 aliphatic heterocycles. The quantitative estimate of drug-likeness (QED) is 0.342. The molecule has 0 aromatic heterocycles. The maximum Gasteiger partial charge on any atom is 0.277 e. The van der Waals surface area contributed by atoms with Crippen LogP contribution in [0.3, 0.4) is 0 Å². The first-order chi connectivity index (χ1) is 4.88. The van der Waals surface area contributed by atoms with Crippen molar-refractivity contribution in [3.05, 3.63) is 0 Å². The summed E-state index contributed by atoms with van der Waals surface area (Å²) in [6.07, 6.45) is 0.225. The van der Waals surface area contributed by atoms with Gasteiger partial charge in [-0.2, -0.15) is 8.42 Å². The van der Waals surface area contributed by atoms with Crippen molar-refractivity contribution in [2.75, 3.05) is 0 Å². The molecule has 0 aliphatic carbocycles. The maximum absolute atomic E-state index is 10.5. The lowest BCUT2D eigenvalue weighted by Gasteiger charge is -2.08. The van der Waals surface area contributed by atoms with Crippen molar-refractivity contribution in [3.8, 4) is 0 Å². The number of hydrogen-bond donors (Lipinski definition) is 3. The molecule has 0 saturated carbocycles. The predicted molar refractivity (Wildman–Crippen MR) is 45.1 cm³/mol. The van der Waals surface area contributed by atoms with Gasteiger partial charge >= 0.3 is 0 Å². The molecule has 1 atom stereocenters. The molecule has 0 aromatic rings. The summed E-state index contributed by atoms with van der Waals surface area (Å²) in [5.74, 6) is 0. The standard InChI is InChI=1S/C4H10N2O3S2/c1-2-3(10-4(5)6)11(7,8)9/h3H,2H2,1H3,(H3,5,6)(H,7,8,9). The van der Waals surface area contributed by atoms with Gasteiger partial charge in [0.05, 0.1) is 0 Å². The zero-order valence-corrected chi connectivity index (χ0v) is 7.58. The lowest BCUT2D eigenvalue weighted by Crippen LogP contribution is -2.20. The molecule has 1 unspecified atom stereocenters. The molecule has 0 fully saturated rings. The smallest absolute Gasteiger partial charge is 0.277 e. The minimum Gasteiger partial charge on any atom is -0.379 e. The molecular weight excluding hydrogens is 188 g/mol. The molecule has 5 nitrogen and oxygen atoms in total. The van der Waals surface area contributed by atoms with Crippen LogP contribution >= 0.6 is 11.8 Å². The molecular formula is C4H10N2O3S2. The number of hydrogen-bond acceptors (Lipinski definition) is 4. The summed E-state index contributed by atoms with van der Waals surface area (Å²) in [5, 5.41) is 6.46. The summed E-state index contributed by atoms with van der Waals surface area (Å²) >= 11 is 0.630. The van der Waals surface area contributed by atoms with Crippen LogP contribution in [-0.2, 0) is 10.1 Å². The molecule has 0 aliphatic rings. The first kappa shape index (κ1) is 10.7. The molecule has 0 heterocycles. The second-order valence-electron chi connectivity index (χ2n) is 1.83. The summed E-state index contributed by atoms with van der Waals surface area (Å²) in [4.78, 5) is 0. The molecule has 0 bridgehead atoms. The Bertz CT molecular complexity index is 236. The van der Waals surface area contributed by atoms with Gasteiger partial charge in [0.25, 0.3) is 10.1 Å². The largest absolute Gasteiger partial charge is 0.379 e. The average molecular weight is 198 g/mol. The van der Waals surface area contributed by atoms with Crippen molar-refractivity contribution in [2.45, 2.75) is 17.9 Å². The summed E-state index contributed by atoms with van der Waals surface area (Å²) < 4.78 is 28.5. The molecule has 0 aromatic carbocycles. The molecule has 7 heteroatoms.